The van der Waals surface area contributed by atoms with Crippen molar-refractivity contribution in [2.45, 2.75) is 20.3 Å². The number of carbonyl (C=O) groups excluding carboxylic acids is 2. The molecule has 1 aliphatic heterocycles. The van der Waals surface area contributed by atoms with Crippen LogP contribution in [0.2, 0.25) is 0 Å². The van der Waals surface area contributed by atoms with Crippen molar-refractivity contribution in [2.24, 2.45) is 5.92 Å². The van der Waals surface area contributed by atoms with Crippen LogP contribution in [0.1, 0.15) is 41.0 Å². The van der Waals surface area contributed by atoms with Crippen molar-refractivity contribution in [2.75, 3.05) is 6.61 Å². The van der Waals surface area contributed by atoms with E-state index in [0.717, 1.165) is 11.5 Å². The van der Waals surface area contributed by atoms with E-state index in [2.05, 4.69) is 0 Å². The fraction of sp³-hybridized carbons (Fsp3) is 0.385. The second-order valence-corrected chi connectivity index (χ2v) is 4.26. The fourth-order valence-electron chi connectivity index (χ4n) is 1.60. The molecule has 0 aromatic heterocycles. The van der Waals surface area contributed by atoms with Crippen molar-refractivity contribution < 1.29 is 14.4 Å². The van der Waals surface area contributed by atoms with Crippen molar-refractivity contribution >= 4 is 11.8 Å². The molecule has 0 radical (unpaired) electrons. The van der Waals surface area contributed by atoms with E-state index in [1.807, 2.05) is 13.8 Å². The number of benzene rings is 1. The summed E-state index contributed by atoms with van der Waals surface area (Å²) in [5.74, 6) is -0.415. The molecule has 17 heavy (non-hydrogen) atoms. The van der Waals surface area contributed by atoms with E-state index >= 15 is 0 Å². The summed E-state index contributed by atoms with van der Waals surface area (Å²) < 4.78 is 0. The topological polar surface area (TPSA) is 46.6 Å². The zero-order valence-corrected chi connectivity index (χ0v) is 9.97. The molecule has 1 aromatic rings. The van der Waals surface area contributed by atoms with Crippen LogP contribution in [-0.2, 0) is 4.84 Å². The van der Waals surface area contributed by atoms with Crippen LogP contribution in [0.15, 0.2) is 24.3 Å². The van der Waals surface area contributed by atoms with Gasteiger partial charge in [0.25, 0.3) is 11.8 Å². The van der Waals surface area contributed by atoms with Gasteiger partial charge >= 0.3 is 0 Å². The Morgan fingerprint density at radius 2 is 1.71 bits per heavy atom. The molecule has 4 heteroatoms. The highest BCUT2D eigenvalue weighted by Gasteiger charge is 2.36. The molecule has 0 spiro atoms. The minimum Gasteiger partial charge on any atom is -0.266 e. The van der Waals surface area contributed by atoms with Gasteiger partial charge in [0.1, 0.15) is 0 Å². The van der Waals surface area contributed by atoms with Gasteiger partial charge in [0.15, 0.2) is 0 Å². The second kappa shape index (κ2) is 4.67. The van der Waals surface area contributed by atoms with Crippen molar-refractivity contribution in [3.05, 3.63) is 35.4 Å². The first kappa shape index (κ1) is 11.8. The molecule has 1 aromatic carbocycles. The monoisotopic (exact) mass is 233 g/mol. The molecule has 90 valence electrons. The Balaban J connectivity index is 2.13. The molecular formula is C13H15NO3. The van der Waals surface area contributed by atoms with Gasteiger partial charge in [0.2, 0.25) is 0 Å². The Morgan fingerprint density at radius 3 is 2.18 bits per heavy atom. The standard InChI is InChI=1S/C13H15NO3/c1-3-9(2)8-17-14-12(15)10-6-4-5-7-11(10)13(14)16/h4-7,9H,3,8H2,1-2H3. The van der Waals surface area contributed by atoms with Gasteiger partial charge in [-0.2, -0.15) is 0 Å². The van der Waals surface area contributed by atoms with Gasteiger partial charge in [-0.1, -0.05) is 32.4 Å². The molecule has 0 bridgehead atoms. The van der Waals surface area contributed by atoms with Crippen LogP contribution in [0, 0.1) is 5.92 Å². The lowest BCUT2D eigenvalue weighted by molar-refractivity contribution is -0.101. The summed E-state index contributed by atoms with van der Waals surface area (Å²) in [7, 11) is 0. The Morgan fingerprint density at radius 1 is 1.18 bits per heavy atom. The maximum atomic E-state index is 11.9. The van der Waals surface area contributed by atoms with E-state index < -0.39 is 0 Å². The molecule has 1 unspecified atom stereocenters. The second-order valence-electron chi connectivity index (χ2n) is 4.26. The van der Waals surface area contributed by atoms with Crippen molar-refractivity contribution in [1.29, 1.82) is 0 Å². The number of rotatable bonds is 4. The lowest BCUT2D eigenvalue weighted by atomic mass is 10.1. The average Bonchev–Trinajstić information content (AvgIpc) is 2.60. The van der Waals surface area contributed by atoms with E-state index in [9.17, 15) is 9.59 Å². The molecule has 2 amide bonds. The van der Waals surface area contributed by atoms with Crippen molar-refractivity contribution in [3.63, 3.8) is 0 Å². The Labute approximate surface area is 100 Å². The van der Waals surface area contributed by atoms with E-state index in [1.165, 1.54) is 0 Å². The predicted molar refractivity (Wildman–Crippen MR) is 62.3 cm³/mol. The van der Waals surface area contributed by atoms with Crippen molar-refractivity contribution in [1.82, 2.24) is 5.06 Å². The summed E-state index contributed by atoms with van der Waals surface area (Å²) in [5, 5.41) is 0.872. The third-order valence-corrected chi connectivity index (χ3v) is 2.94. The van der Waals surface area contributed by atoms with E-state index in [4.69, 9.17) is 4.84 Å². The minimum atomic E-state index is -0.367. The molecule has 0 saturated carbocycles. The number of amides is 2. The molecule has 0 fully saturated rings. The first-order chi connectivity index (χ1) is 8.15. The predicted octanol–water partition coefficient (Wildman–Crippen LogP) is 2.26. The molecule has 0 N–H and O–H groups in total. The number of hydrogen-bond donors (Lipinski definition) is 0. The quantitative estimate of drug-likeness (QED) is 0.749. The average molecular weight is 233 g/mol. The van der Waals surface area contributed by atoms with Crippen molar-refractivity contribution in [3.8, 4) is 0 Å². The lowest BCUT2D eigenvalue weighted by Gasteiger charge is -2.15. The van der Waals surface area contributed by atoms with Crippen LogP contribution in [0.5, 0.6) is 0 Å². The first-order valence-electron chi connectivity index (χ1n) is 5.76. The molecule has 4 nitrogen and oxygen atoms in total. The van der Waals surface area contributed by atoms with Gasteiger partial charge < -0.3 is 0 Å². The molecular weight excluding hydrogens is 218 g/mol. The molecule has 0 aliphatic carbocycles. The number of imide groups is 1. The van der Waals surface area contributed by atoms with Gasteiger partial charge in [-0.15, -0.1) is 5.06 Å². The largest absolute Gasteiger partial charge is 0.285 e. The molecule has 2 rings (SSSR count). The van der Waals surface area contributed by atoms with E-state index in [0.29, 0.717) is 23.7 Å². The van der Waals surface area contributed by atoms with E-state index in [-0.39, 0.29) is 11.8 Å². The molecule has 1 atom stereocenters. The Hall–Kier alpha value is -1.68. The Bertz CT molecular complexity index is 421. The maximum Gasteiger partial charge on any atom is 0.285 e. The minimum absolute atomic E-state index is 0.319. The summed E-state index contributed by atoms with van der Waals surface area (Å²) in [5.41, 5.74) is 0.836. The fourth-order valence-corrected chi connectivity index (χ4v) is 1.60. The third kappa shape index (κ3) is 2.08. The zero-order valence-electron chi connectivity index (χ0n) is 9.97. The number of hydroxylamine groups is 2. The number of nitrogens with zero attached hydrogens (tertiary/aromatic N) is 1. The molecule has 1 aliphatic rings. The summed E-state index contributed by atoms with van der Waals surface area (Å²) in [6.45, 7) is 4.43. The van der Waals surface area contributed by atoms with Gasteiger partial charge in [0, 0.05) is 0 Å². The van der Waals surface area contributed by atoms with Crippen LogP contribution < -0.4 is 0 Å². The number of fused-ring (bicyclic) bond motifs is 1. The normalized spacial score (nSPS) is 16.2. The summed E-state index contributed by atoms with van der Waals surface area (Å²) >= 11 is 0. The third-order valence-electron chi connectivity index (χ3n) is 2.94. The van der Waals surface area contributed by atoms with Crippen LogP contribution >= 0.6 is 0 Å². The highest BCUT2D eigenvalue weighted by atomic mass is 16.7. The summed E-state index contributed by atoms with van der Waals surface area (Å²) in [6, 6.07) is 6.76. The zero-order chi connectivity index (χ0) is 12.4. The smallest absolute Gasteiger partial charge is 0.266 e. The van der Waals surface area contributed by atoms with Gasteiger partial charge in [0.05, 0.1) is 17.7 Å². The van der Waals surface area contributed by atoms with Gasteiger partial charge in [-0.3, -0.25) is 14.4 Å². The number of hydrogen-bond acceptors (Lipinski definition) is 3. The summed E-state index contributed by atoms with van der Waals surface area (Å²) in [4.78, 5) is 29.1. The summed E-state index contributed by atoms with van der Waals surface area (Å²) in [6.07, 6.45) is 0.948. The van der Waals surface area contributed by atoms with Crippen LogP contribution in [0.25, 0.3) is 0 Å². The van der Waals surface area contributed by atoms with Crippen LogP contribution in [0.4, 0.5) is 0 Å². The maximum absolute atomic E-state index is 11.9. The SMILES string of the molecule is CCC(C)CON1C(=O)c2ccccc2C1=O. The van der Waals surface area contributed by atoms with Crippen LogP contribution in [-0.4, -0.2) is 23.5 Å². The van der Waals surface area contributed by atoms with Gasteiger partial charge in [-0.25, -0.2) is 0 Å². The van der Waals surface area contributed by atoms with E-state index in [1.54, 1.807) is 24.3 Å². The van der Waals surface area contributed by atoms with Gasteiger partial charge in [-0.05, 0) is 18.1 Å². The lowest BCUT2D eigenvalue weighted by Crippen LogP contribution is -2.31. The molecule has 1 heterocycles. The first-order valence-corrected chi connectivity index (χ1v) is 5.76. The highest BCUT2D eigenvalue weighted by Crippen LogP contribution is 2.22. The molecule has 0 saturated heterocycles. The highest BCUT2D eigenvalue weighted by molar-refractivity contribution is 6.20. The number of carbonyl (C=O) groups is 2. The van der Waals surface area contributed by atoms with Crippen LogP contribution in [0.3, 0.4) is 0 Å². The Kier molecular flexibility index (Phi) is 3.24.